The summed E-state index contributed by atoms with van der Waals surface area (Å²) in [6.07, 6.45) is -3.27. The molecule has 0 aromatic carbocycles. The summed E-state index contributed by atoms with van der Waals surface area (Å²) in [6.45, 7) is 2.86. The van der Waals surface area contributed by atoms with E-state index in [2.05, 4.69) is 20.4 Å². The van der Waals surface area contributed by atoms with Crippen LogP contribution in [-0.4, -0.2) is 44.6 Å². The third-order valence-electron chi connectivity index (χ3n) is 4.61. The lowest BCUT2D eigenvalue weighted by Crippen LogP contribution is -2.45. The van der Waals surface area contributed by atoms with Gasteiger partial charge >= 0.3 is 6.18 Å². The van der Waals surface area contributed by atoms with Gasteiger partial charge in [-0.3, -0.25) is 4.79 Å². The molecule has 0 saturated carbocycles. The number of aryl methyl sites for hydroxylation is 1. The van der Waals surface area contributed by atoms with Gasteiger partial charge in [-0.15, -0.1) is 5.10 Å². The number of carbonyl (C=O) groups excluding carboxylic acids is 1. The molecule has 3 aromatic heterocycles. The Balaban J connectivity index is 1.50. The number of nitrogens with zero attached hydrogens (tertiary/aromatic N) is 5. The Morgan fingerprint density at radius 3 is 2.68 bits per heavy atom. The van der Waals surface area contributed by atoms with Gasteiger partial charge in [-0.05, 0) is 31.2 Å². The second kappa shape index (κ2) is 7.04. The van der Waals surface area contributed by atoms with Gasteiger partial charge < -0.3 is 10.2 Å². The molecular formula is C17H17F3N6OS. The van der Waals surface area contributed by atoms with Gasteiger partial charge in [0.1, 0.15) is 5.82 Å². The van der Waals surface area contributed by atoms with Crippen molar-refractivity contribution in [3.63, 3.8) is 0 Å². The summed E-state index contributed by atoms with van der Waals surface area (Å²) in [7, 11) is 0. The van der Waals surface area contributed by atoms with Crippen LogP contribution in [0.1, 0.15) is 34.7 Å². The molecular weight excluding hydrogens is 393 g/mol. The Morgan fingerprint density at radius 2 is 2.04 bits per heavy atom. The van der Waals surface area contributed by atoms with Crippen LogP contribution in [-0.2, 0) is 6.18 Å². The van der Waals surface area contributed by atoms with Crippen molar-refractivity contribution in [1.29, 1.82) is 0 Å². The topological polar surface area (TPSA) is 75.4 Å². The quantitative estimate of drug-likeness (QED) is 0.719. The van der Waals surface area contributed by atoms with Crippen molar-refractivity contribution >= 4 is 28.8 Å². The standard InChI is InChI=1S/C17H17F3N6OS/c1-10-8-13(26-16(21-10)23-15(24-26)17(18,19)20)25-5-2-12(3-6-25)22-14(27)11-4-7-28-9-11/h4,7-9,12H,2-3,5-6H2,1H3,(H,22,27). The average Bonchev–Trinajstić information content (AvgIpc) is 3.31. The fourth-order valence-electron chi connectivity index (χ4n) is 3.23. The van der Waals surface area contributed by atoms with Crippen LogP contribution in [0.25, 0.3) is 5.78 Å². The van der Waals surface area contributed by atoms with Crippen LogP contribution in [0.3, 0.4) is 0 Å². The highest BCUT2D eigenvalue weighted by atomic mass is 32.1. The van der Waals surface area contributed by atoms with Crippen LogP contribution < -0.4 is 10.2 Å². The van der Waals surface area contributed by atoms with E-state index in [0.29, 0.717) is 43.0 Å². The van der Waals surface area contributed by atoms with Crippen LogP contribution in [0.15, 0.2) is 22.9 Å². The first-order valence-corrected chi connectivity index (χ1v) is 9.65. The first-order valence-electron chi connectivity index (χ1n) is 8.71. The van der Waals surface area contributed by atoms with E-state index in [0.717, 1.165) is 4.52 Å². The van der Waals surface area contributed by atoms with E-state index < -0.39 is 12.0 Å². The Labute approximate surface area is 162 Å². The molecule has 1 aliphatic rings. The van der Waals surface area contributed by atoms with E-state index in [1.54, 1.807) is 24.4 Å². The van der Waals surface area contributed by atoms with Crippen molar-refractivity contribution in [2.24, 2.45) is 0 Å². The molecule has 1 N–H and O–H groups in total. The van der Waals surface area contributed by atoms with Crippen LogP contribution in [0.5, 0.6) is 0 Å². The smallest absolute Gasteiger partial charge is 0.356 e. The number of alkyl halides is 3. The van der Waals surface area contributed by atoms with Crippen LogP contribution in [0.2, 0.25) is 0 Å². The SMILES string of the molecule is Cc1cc(N2CCC(NC(=O)c3ccsc3)CC2)n2nc(C(F)(F)F)nc2n1. The minimum Gasteiger partial charge on any atom is -0.356 e. The molecule has 0 atom stereocenters. The lowest BCUT2D eigenvalue weighted by molar-refractivity contribution is -0.144. The van der Waals surface area contributed by atoms with Gasteiger partial charge in [0.2, 0.25) is 0 Å². The minimum absolute atomic E-state index is 0.0172. The molecule has 4 rings (SSSR count). The summed E-state index contributed by atoms with van der Waals surface area (Å²) in [5.41, 5.74) is 1.21. The summed E-state index contributed by atoms with van der Waals surface area (Å²) in [5, 5.41) is 10.3. The zero-order chi connectivity index (χ0) is 19.9. The Morgan fingerprint density at radius 1 is 1.29 bits per heavy atom. The number of piperidine rings is 1. The van der Waals surface area contributed by atoms with Crippen LogP contribution >= 0.6 is 11.3 Å². The maximum Gasteiger partial charge on any atom is 0.453 e. The van der Waals surface area contributed by atoms with E-state index in [1.165, 1.54) is 11.3 Å². The molecule has 0 bridgehead atoms. The molecule has 148 valence electrons. The number of hydrogen-bond acceptors (Lipinski definition) is 6. The fourth-order valence-corrected chi connectivity index (χ4v) is 3.86. The summed E-state index contributed by atoms with van der Waals surface area (Å²) in [6, 6.07) is 3.49. The highest BCUT2D eigenvalue weighted by Gasteiger charge is 2.37. The molecule has 7 nitrogen and oxygen atoms in total. The Bertz CT molecular complexity index is 992. The maximum atomic E-state index is 13.0. The first kappa shape index (κ1) is 18.7. The number of anilines is 1. The average molecular weight is 410 g/mol. The van der Waals surface area contributed by atoms with E-state index in [-0.39, 0.29) is 17.7 Å². The van der Waals surface area contributed by atoms with Crippen molar-refractivity contribution in [1.82, 2.24) is 24.9 Å². The molecule has 1 fully saturated rings. The highest BCUT2D eigenvalue weighted by molar-refractivity contribution is 7.08. The summed E-state index contributed by atoms with van der Waals surface area (Å²) in [5.74, 6) is -0.860. The van der Waals surface area contributed by atoms with E-state index in [1.807, 2.05) is 10.3 Å². The fraction of sp³-hybridized carbons (Fsp3) is 0.412. The highest BCUT2D eigenvalue weighted by Crippen LogP contribution is 2.28. The molecule has 0 unspecified atom stereocenters. The maximum absolute atomic E-state index is 13.0. The van der Waals surface area contributed by atoms with Crippen molar-refractivity contribution < 1.29 is 18.0 Å². The molecule has 28 heavy (non-hydrogen) atoms. The second-order valence-electron chi connectivity index (χ2n) is 6.65. The number of halogens is 3. The van der Waals surface area contributed by atoms with Gasteiger partial charge in [0, 0.05) is 41.8 Å². The molecule has 0 spiro atoms. The molecule has 0 aliphatic carbocycles. The normalized spacial score (nSPS) is 15.9. The summed E-state index contributed by atoms with van der Waals surface area (Å²) < 4.78 is 40.1. The lowest BCUT2D eigenvalue weighted by atomic mass is 10.0. The number of nitrogens with one attached hydrogen (secondary N) is 1. The van der Waals surface area contributed by atoms with Crippen molar-refractivity contribution in [2.75, 3.05) is 18.0 Å². The molecule has 3 aromatic rings. The van der Waals surface area contributed by atoms with Gasteiger partial charge in [-0.25, -0.2) is 4.98 Å². The number of fused-ring (bicyclic) bond motifs is 1. The summed E-state index contributed by atoms with van der Waals surface area (Å²) in [4.78, 5) is 21.7. The van der Waals surface area contributed by atoms with Crippen molar-refractivity contribution in [2.45, 2.75) is 32.0 Å². The first-order chi connectivity index (χ1) is 13.3. The number of thiophene rings is 1. The van der Waals surface area contributed by atoms with Gasteiger partial charge in [-0.2, -0.15) is 34.0 Å². The molecule has 1 aliphatic heterocycles. The zero-order valence-electron chi connectivity index (χ0n) is 14.9. The number of rotatable bonds is 3. The lowest BCUT2D eigenvalue weighted by Gasteiger charge is -2.33. The van der Waals surface area contributed by atoms with E-state index >= 15 is 0 Å². The second-order valence-corrected chi connectivity index (χ2v) is 7.43. The Kier molecular flexibility index (Phi) is 4.69. The largest absolute Gasteiger partial charge is 0.453 e. The molecule has 11 heteroatoms. The van der Waals surface area contributed by atoms with Gasteiger partial charge in [0.25, 0.3) is 17.5 Å². The van der Waals surface area contributed by atoms with E-state index in [9.17, 15) is 18.0 Å². The van der Waals surface area contributed by atoms with Crippen molar-refractivity contribution in [3.05, 3.63) is 40.0 Å². The summed E-state index contributed by atoms with van der Waals surface area (Å²) >= 11 is 1.46. The van der Waals surface area contributed by atoms with Gasteiger partial charge in [0.15, 0.2) is 0 Å². The number of amides is 1. The third-order valence-corrected chi connectivity index (χ3v) is 5.30. The Hall–Kier alpha value is -2.69. The number of aromatic nitrogens is 4. The molecule has 4 heterocycles. The third kappa shape index (κ3) is 3.66. The molecule has 1 saturated heterocycles. The monoisotopic (exact) mass is 410 g/mol. The van der Waals surface area contributed by atoms with Gasteiger partial charge in [0.05, 0.1) is 0 Å². The zero-order valence-corrected chi connectivity index (χ0v) is 15.7. The van der Waals surface area contributed by atoms with Crippen molar-refractivity contribution in [3.8, 4) is 0 Å². The predicted octanol–water partition coefficient (Wildman–Crippen LogP) is 2.91. The molecule has 0 radical (unpaired) electrons. The minimum atomic E-state index is -4.63. The number of hydrogen-bond donors (Lipinski definition) is 1. The molecule has 1 amide bonds. The van der Waals surface area contributed by atoms with E-state index in [4.69, 9.17) is 0 Å². The van der Waals surface area contributed by atoms with Gasteiger partial charge in [-0.1, -0.05) is 0 Å². The predicted molar refractivity (Wildman–Crippen MR) is 97.5 cm³/mol. The van der Waals surface area contributed by atoms with Crippen LogP contribution in [0, 0.1) is 6.92 Å². The van der Waals surface area contributed by atoms with Crippen LogP contribution in [0.4, 0.5) is 19.0 Å². The number of carbonyl (C=O) groups is 1.